The molecule has 0 amide bonds. The van der Waals surface area contributed by atoms with Gasteiger partial charge in [-0.3, -0.25) is 20.1 Å². The summed E-state index contributed by atoms with van der Waals surface area (Å²) in [6, 6.07) is 17.9. The van der Waals surface area contributed by atoms with Gasteiger partial charge in [-0.25, -0.2) is 0 Å². The minimum absolute atomic E-state index is 0.0297. The van der Waals surface area contributed by atoms with Gasteiger partial charge in [-0.2, -0.15) is 4.98 Å². The van der Waals surface area contributed by atoms with E-state index < -0.39 is 4.92 Å². The minimum atomic E-state index is -0.401. The van der Waals surface area contributed by atoms with Crippen LogP contribution in [0.25, 0.3) is 33.7 Å². The summed E-state index contributed by atoms with van der Waals surface area (Å²) in [5.41, 5.74) is 3.90. The number of nitrogens with one attached hydrogen (secondary N) is 1. The number of non-ortho nitro benzene ring substituents is 1. The van der Waals surface area contributed by atoms with Crippen molar-refractivity contribution in [3.63, 3.8) is 0 Å². The van der Waals surface area contributed by atoms with Gasteiger partial charge in [0.2, 0.25) is 5.82 Å². The number of nitro benzene ring substituents is 1. The number of anilines is 1. The molecule has 9 nitrogen and oxygen atoms in total. The maximum Gasteiger partial charge on any atom is 0.278 e. The highest BCUT2D eigenvalue weighted by atomic mass is 16.6. The number of nitrogens with zero attached hydrogens (tertiary/aromatic N) is 5. The number of aromatic nitrogens is 4. The van der Waals surface area contributed by atoms with Crippen molar-refractivity contribution in [2.24, 2.45) is 0 Å². The van der Waals surface area contributed by atoms with Crippen molar-refractivity contribution in [1.29, 1.82) is 0 Å². The Balaban J connectivity index is 1.38. The van der Waals surface area contributed by atoms with Crippen LogP contribution in [0.4, 0.5) is 11.4 Å². The van der Waals surface area contributed by atoms with E-state index in [9.17, 15) is 10.1 Å². The largest absolute Gasteiger partial charge is 0.379 e. The average molecular weight is 424 g/mol. The molecule has 3 aromatic heterocycles. The van der Waals surface area contributed by atoms with Crippen LogP contribution in [-0.2, 0) is 6.54 Å². The molecule has 0 bridgehead atoms. The second kappa shape index (κ2) is 8.23. The lowest BCUT2D eigenvalue weighted by Crippen LogP contribution is -2.02. The molecular formula is C23H16N6O3. The maximum absolute atomic E-state index is 11.3. The topological polar surface area (TPSA) is 120 Å². The van der Waals surface area contributed by atoms with Gasteiger partial charge in [0.15, 0.2) is 0 Å². The molecule has 0 saturated heterocycles. The molecule has 0 saturated carbocycles. The van der Waals surface area contributed by atoms with E-state index in [0.717, 1.165) is 22.4 Å². The summed E-state index contributed by atoms with van der Waals surface area (Å²) in [6.07, 6.45) is 4.97. The zero-order valence-corrected chi connectivity index (χ0v) is 16.7. The van der Waals surface area contributed by atoms with Gasteiger partial charge in [0.05, 0.1) is 16.0 Å². The molecule has 0 aliphatic rings. The Bertz CT molecular complexity index is 1420. The Morgan fingerprint density at radius 3 is 2.69 bits per heavy atom. The minimum Gasteiger partial charge on any atom is -0.379 e. The molecule has 156 valence electrons. The normalized spacial score (nSPS) is 10.9. The SMILES string of the molecule is O=[N+]([O-])c1ccc(NCc2cccc(-c3nc(-c4ccncc4)no3)c2)c2ncccc12. The molecule has 0 fully saturated rings. The Kier molecular flexibility index (Phi) is 4.97. The number of nitro groups is 1. The van der Waals surface area contributed by atoms with Crippen LogP contribution in [0.2, 0.25) is 0 Å². The van der Waals surface area contributed by atoms with Gasteiger partial charge in [0.1, 0.15) is 5.52 Å². The smallest absolute Gasteiger partial charge is 0.278 e. The number of fused-ring (bicyclic) bond motifs is 1. The number of hydrogen-bond acceptors (Lipinski definition) is 8. The van der Waals surface area contributed by atoms with Gasteiger partial charge in [0, 0.05) is 42.3 Å². The zero-order chi connectivity index (χ0) is 21.9. The van der Waals surface area contributed by atoms with Crippen LogP contribution in [0.5, 0.6) is 0 Å². The van der Waals surface area contributed by atoms with Gasteiger partial charge >= 0.3 is 0 Å². The third-order valence-electron chi connectivity index (χ3n) is 4.96. The van der Waals surface area contributed by atoms with E-state index in [1.165, 1.54) is 6.07 Å². The van der Waals surface area contributed by atoms with Crippen molar-refractivity contribution in [2.45, 2.75) is 6.54 Å². The van der Waals surface area contributed by atoms with Gasteiger partial charge in [-0.05, 0) is 48.0 Å². The van der Waals surface area contributed by atoms with Crippen molar-refractivity contribution in [3.05, 3.63) is 94.9 Å². The van der Waals surface area contributed by atoms with Crippen molar-refractivity contribution in [1.82, 2.24) is 20.1 Å². The van der Waals surface area contributed by atoms with Crippen molar-refractivity contribution >= 4 is 22.3 Å². The zero-order valence-electron chi connectivity index (χ0n) is 16.7. The summed E-state index contributed by atoms with van der Waals surface area (Å²) in [4.78, 5) is 23.7. The van der Waals surface area contributed by atoms with Crippen LogP contribution >= 0.6 is 0 Å². The van der Waals surface area contributed by atoms with Crippen LogP contribution in [0.15, 0.2) is 83.8 Å². The number of pyridine rings is 2. The molecule has 32 heavy (non-hydrogen) atoms. The molecule has 3 heterocycles. The van der Waals surface area contributed by atoms with Crippen molar-refractivity contribution in [3.8, 4) is 22.8 Å². The van der Waals surface area contributed by atoms with Crippen LogP contribution in [0.3, 0.4) is 0 Å². The van der Waals surface area contributed by atoms with E-state index in [0.29, 0.717) is 29.2 Å². The number of rotatable bonds is 6. The molecular weight excluding hydrogens is 408 g/mol. The highest BCUT2D eigenvalue weighted by molar-refractivity contribution is 5.96. The van der Waals surface area contributed by atoms with Crippen molar-refractivity contribution in [2.75, 3.05) is 5.32 Å². The monoisotopic (exact) mass is 424 g/mol. The third-order valence-corrected chi connectivity index (χ3v) is 4.96. The maximum atomic E-state index is 11.3. The van der Waals surface area contributed by atoms with Gasteiger partial charge in [-0.1, -0.05) is 17.3 Å². The van der Waals surface area contributed by atoms with E-state index in [1.807, 2.05) is 36.4 Å². The van der Waals surface area contributed by atoms with Gasteiger partial charge in [-0.15, -0.1) is 0 Å². The predicted molar refractivity (Wildman–Crippen MR) is 119 cm³/mol. The molecule has 9 heteroatoms. The summed E-state index contributed by atoms with van der Waals surface area (Å²) in [6.45, 7) is 0.489. The van der Waals surface area contributed by atoms with Crippen LogP contribution < -0.4 is 5.32 Å². The Hall–Kier alpha value is -4.66. The van der Waals surface area contributed by atoms with Crippen LogP contribution in [-0.4, -0.2) is 25.0 Å². The molecule has 0 unspecified atom stereocenters. The van der Waals surface area contributed by atoms with E-state index in [4.69, 9.17) is 4.52 Å². The Labute approximate surface area is 181 Å². The molecule has 5 aromatic rings. The first-order valence-electron chi connectivity index (χ1n) is 9.78. The summed E-state index contributed by atoms with van der Waals surface area (Å²) in [5.74, 6) is 0.912. The predicted octanol–water partition coefficient (Wildman–Crippen LogP) is 4.87. The molecule has 1 N–H and O–H groups in total. The van der Waals surface area contributed by atoms with E-state index in [1.54, 1.807) is 36.8 Å². The van der Waals surface area contributed by atoms with E-state index >= 15 is 0 Å². The Morgan fingerprint density at radius 2 is 1.84 bits per heavy atom. The highest BCUT2D eigenvalue weighted by Crippen LogP contribution is 2.30. The fourth-order valence-corrected chi connectivity index (χ4v) is 3.43. The lowest BCUT2D eigenvalue weighted by atomic mass is 10.1. The Morgan fingerprint density at radius 1 is 0.969 bits per heavy atom. The lowest BCUT2D eigenvalue weighted by molar-refractivity contribution is -0.383. The first-order chi connectivity index (χ1) is 15.7. The fourth-order valence-electron chi connectivity index (χ4n) is 3.43. The van der Waals surface area contributed by atoms with Gasteiger partial charge < -0.3 is 9.84 Å². The molecule has 0 atom stereocenters. The fraction of sp³-hybridized carbons (Fsp3) is 0.0435. The molecule has 0 aliphatic carbocycles. The van der Waals surface area contributed by atoms with Crippen LogP contribution in [0, 0.1) is 10.1 Å². The van der Waals surface area contributed by atoms with Gasteiger partial charge in [0.25, 0.3) is 11.6 Å². The molecule has 0 aliphatic heterocycles. The van der Waals surface area contributed by atoms with E-state index in [-0.39, 0.29) is 5.69 Å². The molecule has 5 rings (SSSR count). The third kappa shape index (κ3) is 3.74. The summed E-state index contributed by atoms with van der Waals surface area (Å²) >= 11 is 0. The van der Waals surface area contributed by atoms with Crippen LogP contribution in [0.1, 0.15) is 5.56 Å². The number of benzene rings is 2. The standard InChI is InChI=1S/C23H16N6O3/c30-29(31)20-7-6-19(21-18(20)5-2-10-25-21)26-14-15-3-1-4-17(13-15)23-27-22(28-32-23)16-8-11-24-12-9-16/h1-13,26H,14H2. The average Bonchev–Trinajstić information content (AvgIpc) is 3.33. The first-order valence-corrected chi connectivity index (χ1v) is 9.78. The second-order valence-electron chi connectivity index (χ2n) is 7.00. The first kappa shape index (κ1) is 19.3. The van der Waals surface area contributed by atoms with Crippen molar-refractivity contribution < 1.29 is 9.45 Å². The summed E-state index contributed by atoms with van der Waals surface area (Å²) < 4.78 is 5.44. The lowest BCUT2D eigenvalue weighted by Gasteiger charge is -2.10. The van der Waals surface area contributed by atoms with E-state index in [2.05, 4.69) is 25.4 Å². The quantitative estimate of drug-likeness (QED) is 0.303. The highest BCUT2D eigenvalue weighted by Gasteiger charge is 2.15. The second-order valence-corrected chi connectivity index (χ2v) is 7.00. The number of hydrogen-bond donors (Lipinski definition) is 1. The molecule has 0 radical (unpaired) electrons. The summed E-state index contributed by atoms with van der Waals surface area (Å²) in [7, 11) is 0. The molecule has 2 aromatic carbocycles. The summed E-state index contributed by atoms with van der Waals surface area (Å²) in [5, 5.41) is 19.2. The molecule has 0 spiro atoms.